The van der Waals surface area contributed by atoms with E-state index >= 15 is 0 Å². The molecule has 1 atom stereocenters. The Bertz CT molecular complexity index is 499. The van der Waals surface area contributed by atoms with E-state index in [2.05, 4.69) is 37.2 Å². The fourth-order valence-corrected chi connectivity index (χ4v) is 1.17. The molecule has 0 spiro atoms. The number of hydrogen-bond acceptors (Lipinski definition) is 6. The van der Waals surface area contributed by atoms with Gasteiger partial charge in [0.1, 0.15) is 0 Å². The molecular formula is C11H16N6O3. The van der Waals surface area contributed by atoms with Crippen molar-refractivity contribution in [3.05, 3.63) is 0 Å². The normalized spacial score (nSPS) is 12.1. The van der Waals surface area contributed by atoms with E-state index in [4.69, 9.17) is 11.2 Å². The minimum atomic E-state index is -1.14. The molecule has 0 aliphatic carbocycles. The van der Waals surface area contributed by atoms with E-state index in [-0.39, 0.29) is 12.4 Å². The lowest BCUT2D eigenvalue weighted by Crippen LogP contribution is -2.44. The van der Waals surface area contributed by atoms with Crippen LogP contribution in [0.1, 0.15) is 27.2 Å². The number of tetrazole rings is 1. The number of terminal acetylenes is 1. The summed E-state index contributed by atoms with van der Waals surface area (Å²) >= 11 is 0. The van der Waals surface area contributed by atoms with Crippen molar-refractivity contribution in [1.29, 1.82) is 0 Å². The molecule has 0 aromatic carbocycles. The number of carbonyl (C=O) groups is 2. The smallest absolute Gasteiger partial charge is 0.408 e. The Balaban J connectivity index is 2.62. The minimum absolute atomic E-state index is 0.0307. The molecule has 9 nitrogen and oxygen atoms in total. The van der Waals surface area contributed by atoms with Crippen molar-refractivity contribution in [2.24, 2.45) is 0 Å². The van der Waals surface area contributed by atoms with Crippen LogP contribution in [0.5, 0.6) is 0 Å². The SMILES string of the molecule is C#CC[C@H](OC(=O)NC(C)(C)C)C(=O)Nc1nn[nH]n1. The molecule has 1 heterocycles. The number of ether oxygens (including phenoxy) is 1. The Morgan fingerprint density at radius 2 is 2.20 bits per heavy atom. The molecule has 2 amide bonds. The number of anilines is 1. The maximum atomic E-state index is 11.9. The van der Waals surface area contributed by atoms with Crippen molar-refractivity contribution >= 4 is 17.9 Å². The second-order valence-electron chi connectivity index (χ2n) is 4.90. The van der Waals surface area contributed by atoms with Crippen molar-refractivity contribution in [3.8, 4) is 12.3 Å². The number of aromatic amines is 1. The van der Waals surface area contributed by atoms with Gasteiger partial charge in [-0.05, 0) is 26.0 Å². The monoisotopic (exact) mass is 280 g/mol. The molecule has 1 aromatic heterocycles. The largest absolute Gasteiger partial charge is 0.435 e. The topological polar surface area (TPSA) is 122 Å². The van der Waals surface area contributed by atoms with Gasteiger partial charge in [0, 0.05) is 5.54 Å². The van der Waals surface area contributed by atoms with Crippen LogP contribution < -0.4 is 10.6 Å². The summed E-state index contributed by atoms with van der Waals surface area (Å²) in [5, 5.41) is 17.4. The quantitative estimate of drug-likeness (QED) is 0.670. The first kappa shape index (κ1) is 15.4. The van der Waals surface area contributed by atoms with Gasteiger partial charge in [0.15, 0.2) is 6.10 Å². The molecule has 1 rings (SSSR count). The van der Waals surface area contributed by atoms with Crippen molar-refractivity contribution in [3.63, 3.8) is 0 Å². The standard InChI is InChI=1S/C11H16N6O3/c1-5-6-7(20-10(19)13-11(2,3)4)8(18)12-9-14-16-17-15-9/h1,7H,6H2,2-4H3,(H,13,19)(H2,12,14,15,16,17,18)/t7-/m0/s1. The van der Waals surface area contributed by atoms with Gasteiger partial charge in [-0.25, -0.2) is 4.79 Å². The van der Waals surface area contributed by atoms with Gasteiger partial charge < -0.3 is 10.1 Å². The van der Waals surface area contributed by atoms with Crippen LogP contribution in [0.3, 0.4) is 0 Å². The maximum Gasteiger partial charge on any atom is 0.408 e. The number of rotatable bonds is 4. The molecule has 3 N–H and O–H groups in total. The number of nitrogens with one attached hydrogen (secondary N) is 3. The first-order valence-electron chi connectivity index (χ1n) is 5.78. The number of hydrogen-bond donors (Lipinski definition) is 3. The predicted octanol–water partition coefficient (Wildman–Crippen LogP) is 0.0548. The predicted molar refractivity (Wildman–Crippen MR) is 69.4 cm³/mol. The number of aromatic nitrogens is 4. The van der Waals surface area contributed by atoms with E-state index in [1.54, 1.807) is 20.8 Å². The summed E-state index contributed by atoms with van der Waals surface area (Å²) in [4.78, 5) is 23.5. The fourth-order valence-electron chi connectivity index (χ4n) is 1.17. The van der Waals surface area contributed by atoms with Crippen LogP contribution in [0, 0.1) is 12.3 Å². The van der Waals surface area contributed by atoms with Gasteiger partial charge in [-0.3, -0.25) is 10.1 Å². The van der Waals surface area contributed by atoms with Crippen LogP contribution in [0.25, 0.3) is 0 Å². The summed E-state index contributed by atoms with van der Waals surface area (Å²) in [6.07, 6.45) is 3.21. The molecule has 0 aliphatic heterocycles. The van der Waals surface area contributed by atoms with E-state index in [9.17, 15) is 9.59 Å². The molecule has 0 saturated carbocycles. The Kier molecular flexibility index (Phi) is 5.02. The second-order valence-corrected chi connectivity index (χ2v) is 4.90. The number of alkyl carbamates (subject to hydrolysis) is 1. The lowest BCUT2D eigenvalue weighted by Gasteiger charge is -2.22. The molecule has 108 valence electrons. The molecule has 9 heteroatoms. The summed E-state index contributed by atoms with van der Waals surface area (Å²) in [5.74, 6) is 1.60. The fraction of sp³-hybridized carbons (Fsp3) is 0.545. The van der Waals surface area contributed by atoms with Crippen LogP contribution in [-0.2, 0) is 9.53 Å². The summed E-state index contributed by atoms with van der Waals surface area (Å²) in [6, 6.07) is 0. The third kappa shape index (κ3) is 5.34. The van der Waals surface area contributed by atoms with Crippen LogP contribution in [0.2, 0.25) is 0 Å². The molecule has 0 bridgehead atoms. The first-order valence-corrected chi connectivity index (χ1v) is 5.78. The Morgan fingerprint density at radius 1 is 1.50 bits per heavy atom. The zero-order chi connectivity index (χ0) is 15.2. The van der Waals surface area contributed by atoms with E-state index in [1.807, 2.05) is 0 Å². The molecular weight excluding hydrogens is 264 g/mol. The number of nitrogens with zero attached hydrogens (tertiary/aromatic N) is 3. The van der Waals surface area contributed by atoms with Gasteiger partial charge in [-0.15, -0.1) is 17.4 Å². The zero-order valence-electron chi connectivity index (χ0n) is 11.4. The highest BCUT2D eigenvalue weighted by Crippen LogP contribution is 2.05. The zero-order valence-corrected chi connectivity index (χ0v) is 11.4. The number of amides is 2. The van der Waals surface area contributed by atoms with Gasteiger partial charge >= 0.3 is 6.09 Å². The lowest BCUT2D eigenvalue weighted by atomic mass is 10.1. The average molecular weight is 280 g/mol. The highest BCUT2D eigenvalue weighted by molar-refractivity contribution is 5.94. The summed E-state index contributed by atoms with van der Waals surface area (Å²) in [6.45, 7) is 5.34. The third-order valence-corrected chi connectivity index (χ3v) is 1.90. The highest BCUT2D eigenvalue weighted by Gasteiger charge is 2.25. The van der Waals surface area contributed by atoms with Crippen molar-refractivity contribution in [2.45, 2.75) is 38.8 Å². The molecule has 20 heavy (non-hydrogen) atoms. The average Bonchev–Trinajstić information content (AvgIpc) is 2.78. The van der Waals surface area contributed by atoms with E-state index in [1.165, 1.54) is 0 Å². The van der Waals surface area contributed by atoms with Gasteiger partial charge in [-0.1, -0.05) is 5.10 Å². The molecule has 0 fully saturated rings. The molecule has 1 aromatic rings. The Morgan fingerprint density at radius 3 is 2.70 bits per heavy atom. The number of H-pyrrole nitrogens is 1. The van der Waals surface area contributed by atoms with Crippen molar-refractivity contribution in [2.75, 3.05) is 5.32 Å². The summed E-state index contributed by atoms with van der Waals surface area (Å²) in [5.41, 5.74) is -0.484. The van der Waals surface area contributed by atoms with E-state index in [0.717, 1.165) is 0 Å². The van der Waals surface area contributed by atoms with Gasteiger partial charge in [-0.2, -0.15) is 5.21 Å². The van der Waals surface area contributed by atoms with Crippen LogP contribution in [-0.4, -0.2) is 44.3 Å². The van der Waals surface area contributed by atoms with Crippen molar-refractivity contribution in [1.82, 2.24) is 25.9 Å². The molecule has 0 radical (unpaired) electrons. The second kappa shape index (κ2) is 6.51. The number of carbonyl (C=O) groups excluding carboxylic acids is 2. The van der Waals surface area contributed by atoms with Crippen LogP contribution in [0.15, 0.2) is 0 Å². The molecule has 0 saturated heterocycles. The molecule has 0 aliphatic rings. The van der Waals surface area contributed by atoms with Gasteiger partial charge in [0.2, 0.25) is 0 Å². The van der Waals surface area contributed by atoms with E-state index in [0.29, 0.717) is 0 Å². The maximum absolute atomic E-state index is 11.9. The Labute approximate surface area is 115 Å². The summed E-state index contributed by atoms with van der Waals surface area (Å²) in [7, 11) is 0. The molecule has 0 unspecified atom stereocenters. The lowest BCUT2D eigenvalue weighted by molar-refractivity contribution is -0.124. The highest BCUT2D eigenvalue weighted by atomic mass is 16.6. The van der Waals surface area contributed by atoms with Crippen LogP contribution >= 0.6 is 0 Å². The summed E-state index contributed by atoms with van der Waals surface area (Å²) < 4.78 is 4.99. The Hall–Kier alpha value is -2.63. The van der Waals surface area contributed by atoms with Crippen LogP contribution in [0.4, 0.5) is 10.7 Å². The van der Waals surface area contributed by atoms with Gasteiger partial charge in [0.05, 0.1) is 6.42 Å². The first-order chi connectivity index (χ1) is 9.31. The van der Waals surface area contributed by atoms with Crippen molar-refractivity contribution < 1.29 is 14.3 Å². The third-order valence-electron chi connectivity index (χ3n) is 1.90. The minimum Gasteiger partial charge on any atom is -0.435 e. The van der Waals surface area contributed by atoms with E-state index < -0.39 is 23.6 Å². The van der Waals surface area contributed by atoms with Gasteiger partial charge in [0.25, 0.3) is 11.9 Å².